The molecule has 2 atom stereocenters. The van der Waals surface area contributed by atoms with Crippen LogP contribution in [0.4, 0.5) is 0 Å². The highest BCUT2D eigenvalue weighted by molar-refractivity contribution is 5.83. The molecule has 2 unspecified atom stereocenters. The van der Waals surface area contributed by atoms with E-state index in [9.17, 15) is 0 Å². The van der Waals surface area contributed by atoms with Gasteiger partial charge >= 0.3 is 0 Å². The number of nitrogens with one attached hydrogen (secondary N) is 1. The molecule has 21 heavy (non-hydrogen) atoms. The normalized spacial score (nSPS) is 20.0. The Bertz CT molecular complexity index is 575. The molecule has 1 heterocycles. The molecule has 0 spiro atoms. The van der Waals surface area contributed by atoms with Gasteiger partial charge in [0.2, 0.25) is 0 Å². The summed E-state index contributed by atoms with van der Waals surface area (Å²) in [4.78, 5) is 0. The smallest absolute Gasteiger partial charge is 0.0495 e. The van der Waals surface area contributed by atoms with E-state index < -0.39 is 0 Å². The van der Waals surface area contributed by atoms with Crippen molar-refractivity contribution in [2.45, 2.75) is 32.2 Å². The van der Waals surface area contributed by atoms with Crippen LogP contribution in [-0.2, 0) is 4.74 Å². The molecule has 0 bridgehead atoms. The van der Waals surface area contributed by atoms with Gasteiger partial charge in [-0.05, 0) is 54.1 Å². The molecule has 0 radical (unpaired) electrons. The summed E-state index contributed by atoms with van der Waals surface area (Å²) < 4.78 is 5.54. The summed E-state index contributed by atoms with van der Waals surface area (Å²) in [5.41, 5.74) is 1.41. The van der Waals surface area contributed by atoms with Gasteiger partial charge < -0.3 is 10.1 Å². The van der Waals surface area contributed by atoms with E-state index in [0.717, 1.165) is 19.8 Å². The van der Waals surface area contributed by atoms with Crippen molar-refractivity contribution < 1.29 is 4.74 Å². The molecule has 112 valence electrons. The number of benzene rings is 2. The fourth-order valence-corrected chi connectivity index (χ4v) is 3.18. The summed E-state index contributed by atoms with van der Waals surface area (Å²) in [7, 11) is 0. The van der Waals surface area contributed by atoms with Gasteiger partial charge in [-0.15, -0.1) is 0 Å². The van der Waals surface area contributed by atoms with Gasteiger partial charge in [0.05, 0.1) is 0 Å². The summed E-state index contributed by atoms with van der Waals surface area (Å²) >= 11 is 0. The highest BCUT2D eigenvalue weighted by Gasteiger charge is 2.21. The molecule has 0 aromatic heterocycles. The molecule has 2 nitrogen and oxygen atoms in total. The Hall–Kier alpha value is -1.38. The Labute approximate surface area is 127 Å². The number of hydrogen-bond acceptors (Lipinski definition) is 2. The number of rotatable bonds is 6. The fourth-order valence-electron chi connectivity index (χ4n) is 3.18. The predicted octanol–water partition coefficient (Wildman–Crippen LogP) is 4.31. The van der Waals surface area contributed by atoms with Crippen LogP contribution in [0.3, 0.4) is 0 Å². The number of hydrogen-bond donors (Lipinski definition) is 1. The van der Waals surface area contributed by atoms with Crippen LogP contribution in [0.1, 0.15) is 37.8 Å². The predicted molar refractivity (Wildman–Crippen MR) is 88.5 cm³/mol. The number of fused-ring (bicyclic) bond motifs is 1. The topological polar surface area (TPSA) is 21.3 Å². The second-order valence-corrected chi connectivity index (χ2v) is 6.08. The molecular formula is C19H25NO. The first-order valence-corrected chi connectivity index (χ1v) is 8.16. The lowest BCUT2D eigenvalue weighted by molar-refractivity contribution is 0.181. The van der Waals surface area contributed by atoms with Gasteiger partial charge in [0.15, 0.2) is 0 Å². The van der Waals surface area contributed by atoms with Crippen molar-refractivity contribution in [2.24, 2.45) is 5.92 Å². The van der Waals surface area contributed by atoms with Crippen LogP contribution in [0.2, 0.25) is 0 Å². The summed E-state index contributed by atoms with van der Waals surface area (Å²) in [5, 5.41) is 6.38. The number of ether oxygens (including phenoxy) is 1. The quantitative estimate of drug-likeness (QED) is 0.853. The Morgan fingerprint density at radius 2 is 2.05 bits per heavy atom. The van der Waals surface area contributed by atoms with E-state index in [1.165, 1.54) is 35.6 Å². The van der Waals surface area contributed by atoms with Crippen molar-refractivity contribution in [3.05, 3.63) is 48.0 Å². The molecule has 0 saturated carbocycles. The second kappa shape index (κ2) is 7.06. The minimum Gasteiger partial charge on any atom is -0.381 e. The van der Waals surface area contributed by atoms with E-state index >= 15 is 0 Å². The Balaban J connectivity index is 1.81. The third-order valence-corrected chi connectivity index (χ3v) is 4.41. The lowest BCUT2D eigenvalue weighted by Gasteiger charge is -2.22. The zero-order chi connectivity index (χ0) is 14.5. The minimum absolute atomic E-state index is 0.446. The van der Waals surface area contributed by atoms with Crippen LogP contribution >= 0.6 is 0 Å². The van der Waals surface area contributed by atoms with E-state index in [2.05, 4.69) is 54.7 Å². The SMILES string of the molecule is CCCNC(CC1CCOC1)c1ccc2ccccc2c1. The summed E-state index contributed by atoms with van der Waals surface area (Å²) in [5.74, 6) is 0.700. The van der Waals surface area contributed by atoms with E-state index in [4.69, 9.17) is 4.74 Å². The molecule has 1 aliphatic rings. The first-order chi connectivity index (χ1) is 10.4. The van der Waals surface area contributed by atoms with Gasteiger partial charge in [-0.3, -0.25) is 0 Å². The highest BCUT2D eigenvalue weighted by atomic mass is 16.5. The fraction of sp³-hybridized carbons (Fsp3) is 0.474. The molecule has 1 saturated heterocycles. The second-order valence-electron chi connectivity index (χ2n) is 6.08. The van der Waals surface area contributed by atoms with Crippen LogP contribution in [0, 0.1) is 5.92 Å². The van der Waals surface area contributed by atoms with Crippen LogP contribution in [0.5, 0.6) is 0 Å². The molecule has 2 aromatic rings. The minimum atomic E-state index is 0.446. The van der Waals surface area contributed by atoms with Crippen LogP contribution < -0.4 is 5.32 Å². The Morgan fingerprint density at radius 3 is 2.81 bits per heavy atom. The van der Waals surface area contributed by atoms with Crippen LogP contribution in [0.15, 0.2) is 42.5 Å². The molecule has 0 aliphatic carbocycles. The van der Waals surface area contributed by atoms with E-state index in [1.807, 2.05) is 0 Å². The standard InChI is InChI=1S/C19H25NO/c1-2-10-20-19(12-15-9-11-21-14-15)18-8-7-16-5-3-4-6-17(16)13-18/h3-8,13,15,19-20H,2,9-12,14H2,1H3. The van der Waals surface area contributed by atoms with Crippen molar-refractivity contribution >= 4 is 10.8 Å². The van der Waals surface area contributed by atoms with E-state index in [1.54, 1.807) is 0 Å². The van der Waals surface area contributed by atoms with Gasteiger partial charge in [-0.25, -0.2) is 0 Å². The molecule has 1 fully saturated rings. The molecule has 3 rings (SSSR count). The van der Waals surface area contributed by atoms with Gasteiger partial charge in [0.1, 0.15) is 0 Å². The monoisotopic (exact) mass is 283 g/mol. The molecule has 1 N–H and O–H groups in total. The molecule has 0 amide bonds. The first-order valence-electron chi connectivity index (χ1n) is 8.16. The zero-order valence-corrected chi connectivity index (χ0v) is 12.8. The largest absolute Gasteiger partial charge is 0.381 e. The van der Waals surface area contributed by atoms with E-state index in [0.29, 0.717) is 12.0 Å². The summed E-state index contributed by atoms with van der Waals surface area (Å²) in [6.07, 6.45) is 3.56. The van der Waals surface area contributed by atoms with Crippen molar-refractivity contribution in [3.63, 3.8) is 0 Å². The molecule has 2 aromatic carbocycles. The summed E-state index contributed by atoms with van der Waals surface area (Å²) in [6, 6.07) is 15.9. The average Bonchev–Trinajstić information content (AvgIpc) is 3.04. The highest BCUT2D eigenvalue weighted by Crippen LogP contribution is 2.28. The van der Waals surface area contributed by atoms with Gasteiger partial charge in [-0.1, -0.05) is 43.3 Å². The lowest BCUT2D eigenvalue weighted by Crippen LogP contribution is -2.24. The Morgan fingerprint density at radius 1 is 1.19 bits per heavy atom. The maximum absolute atomic E-state index is 5.54. The third kappa shape index (κ3) is 3.63. The average molecular weight is 283 g/mol. The third-order valence-electron chi connectivity index (χ3n) is 4.41. The van der Waals surface area contributed by atoms with Crippen molar-refractivity contribution in [3.8, 4) is 0 Å². The van der Waals surface area contributed by atoms with Crippen molar-refractivity contribution in [1.82, 2.24) is 5.32 Å². The van der Waals surface area contributed by atoms with Gasteiger partial charge in [0, 0.05) is 19.3 Å². The zero-order valence-electron chi connectivity index (χ0n) is 12.8. The van der Waals surface area contributed by atoms with Gasteiger partial charge in [0.25, 0.3) is 0 Å². The van der Waals surface area contributed by atoms with Crippen molar-refractivity contribution in [2.75, 3.05) is 19.8 Å². The van der Waals surface area contributed by atoms with Crippen LogP contribution in [-0.4, -0.2) is 19.8 Å². The van der Waals surface area contributed by atoms with Crippen molar-refractivity contribution in [1.29, 1.82) is 0 Å². The van der Waals surface area contributed by atoms with E-state index in [-0.39, 0.29) is 0 Å². The molecular weight excluding hydrogens is 258 g/mol. The lowest BCUT2D eigenvalue weighted by atomic mass is 9.92. The molecule has 2 heteroatoms. The van der Waals surface area contributed by atoms with Crippen LogP contribution in [0.25, 0.3) is 10.8 Å². The maximum atomic E-state index is 5.54. The maximum Gasteiger partial charge on any atom is 0.0495 e. The first kappa shape index (κ1) is 14.6. The summed E-state index contributed by atoms with van der Waals surface area (Å²) in [6.45, 7) is 5.16. The molecule has 1 aliphatic heterocycles. The Kier molecular flexibility index (Phi) is 4.89. The van der Waals surface area contributed by atoms with Gasteiger partial charge in [-0.2, -0.15) is 0 Å².